The van der Waals surface area contributed by atoms with Crippen molar-refractivity contribution in [2.75, 3.05) is 0 Å². The second-order valence-corrected chi connectivity index (χ2v) is 3.16. The number of benzene rings is 1. The smallest absolute Gasteiger partial charge is 0.294 e. The first-order valence-electron chi connectivity index (χ1n) is 4.34. The van der Waals surface area contributed by atoms with Crippen LogP contribution in [0, 0.1) is 11.6 Å². The summed E-state index contributed by atoms with van der Waals surface area (Å²) in [4.78, 5) is 11.2. The third-order valence-electron chi connectivity index (χ3n) is 1.86. The second kappa shape index (κ2) is 4.59. The van der Waals surface area contributed by atoms with Crippen LogP contribution >= 0.6 is 0 Å². The van der Waals surface area contributed by atoms with Gasteiger partial charge < -0.3 is 0 Å². The molecular weight excluding hydrogens is 231 g/mol. The highest BCUT2D eigenvalue weighted by atomic mass is 19.4. The lowest BCUT2D eigenvalue weighted by molar-refractivity contribution is -0.133. The molecule has 88 valence electrons. The van der Waals surface area contributed by atoms with Crippen molar-refractivity contribution in [3.63, 3.8) is 0 Å². The van der Waals surface area contributed by atoms with Crippen LogP contribution in [0.4, 0.5) is 22.0 Å². The van der Waals surface area contributed by atoms with Gasteiger partial charge in [-0.05, 0) is 18.2 Å². The van der Waals surface area contributed by atoms with E-state index in [1.54, 1.807) is 0 Å². The van der Waals surface area contributed by atoms with Gasteiger partial charge in [-0.25, -0.2) is 8.78 Å². The fourth-order valence-electron chi connectivity index (χ4n) is 1.10. The molecule has 0 unspecified atom stereocenters. The number of halogens is 5. The van der Waals surface area contributed by atoms with Crippen molar-refractivity contribution in [1.82, 2.24) is 0 Å². The van der Waals surface area contributed by atoms with Gasteiger partial charge in [0.05, 0.1) is 12.0 Å². The third kappa shape index (κ3) is 3.60. The SMILES string of the molecule is O=C(CCC(F)(F)F)c1cc(F)ccc1F. The first-order valence-corrected chi connectivity index (χ1v) is 4.34. The van der Waals surface area contributed by atoms with Crippen molar-refractivity contribution in [2.24, 2.45) is 0 Å². The maximum absolute atomic E-state index is 13.0. The van der Waals surface area contributed by atoms with E-state index in [1.165, 1.54) is 0 Å². The van der Waals surface area contributed by atoms with Crippen molar-refractivity contribution < 1.29 is 26.7 Å². The second-order valence-electron chi connectivity index (χ2n) is 3.16. The van der Waals surface area contributed by atoms with Crippen molar-refractivity contribution in [1.29, 1.82) is 0 Å². The van der Waals surface area contributed by atoms with Gasteiger partial charge in [0.2, 0.25) is 0 Å². The summed E-state index contributed by atoms with van der Waals surface area (Å²) >= 11 is 0. The van der Waals surface area contributed by atoms with Crippen LogP contribution in [0.1, 0.15) is 23.2 Å². The number of carbonyl (C=O) groups excluding carboxylic acids is 1. The van der Waals surface area contributed by atoms with Gasteiger partial charge in [0.15, 0.2) is 5.78 Å². The Kier molecular flexibility index (Phi) is 3.62. The molecule has 16 heavy (non-hydrogen) atoms. The van der Waals surface area contributed by atoms with E-state index in [4.69, 9.17) is 0 Å². The van der Waals surface area contributed by atoms with Crippen molar-refractivity contribution >= 4 is 5.78 Å². The Morgan fingerprint density at radius 3 is 2.38 bits per heavy atom. The van der Waals surface area contributed by atoms with E-state index < -0.39 is 42.0 Å². The molecule has 6 heteroatoms. The molecule has 1 rings (SSSR count). The summed E-state index contributed by atoms with van der Waals surface area (Å²) in [5.41, 5.74) is -0.649. The first kappa shape index (κ1) is 12.6. The molecule has 0 aliphatic rings. The van der Waals surface area contributed by atoms with E-state index in [0.717, 1.165) is 6.07 Å². The van der Waals surface area contributed by atoms with Gasteiger partial charge in [0.25, 0.3) is 0 Å². The Bertz CT molecular complexity index is 397. The summed E-state index contributed by atoms with van der Waals surface area (Å²) in [6, 6.07) is 2.08. The van der Waals surface area contributed by atoms with Gasteiger partial charge in [-0.2, -0.15) is 13.2 Å². The van der Waals surface area contributed by atoms with Gasteiger partial charge in [0, 0.05) is 6.42 Å². The fourth-order valence-corrected chi connectivity index (χ4v) is 1.10. The average molecular weight is 238 g/mol. The highest BCUT2D eigenvalue weighted by Gasteiger charge is 2.28. The van der Waals surface area contributed by atoms with Crippen LogP contribution in [-0.4, -0.2) is 12.0 Å². The van der Waals surface area contributed by atoms with E-state index in [0.29, 0.717) is 12.1 Å². The third-order valence-corrected chi connectivity index (χ3v) is 1.86. The zero-order chi connectivity index (χ0) is 12.3. The molecule has 0 bridgehead atoms. The molecule has 1 aromatic rings. The van der Waals surface area contributed by atoms with E-state index in [1.807, 2.05) is 0 Å². The zero-order valence-corrected chi connectivity index (χ0v) is 7.94. The Balaban J connectivity index is 2.77. The number of hydrogen-bond donors (Lipinski definition) is 0. The molecule has 0 radical (unpaired) electrons. The lowest BCUT2D eigenvalue weighted by Crippen LogP contribution is -2.12. The van der Waals surface area contributed by atoms with Gasteiger partial charge >= 0.3 is 6.18 Å². The highest BCUT2D eigenvalue weighted by Crippen LogP contribution is 2.23. The van der Waals surface area contributed by atoms with Crippen LogP contribution in [0.3, 0.4) is 0 Å². The molecule has 0 fully saturated rings. The number of rotatable bonds is 3. The van der Waals surface area contributed by atoms with E-state index in [9.17, 15) is 26.7 Å². The predicted molar refractivity (Wildman–Crippen MR) is 46.0 cm³/mol. The Morgan fingerprint density at radius 1 is 1.19 bits per heavy atom. The molecule has 1 nitrogen and oxygen atoms in total. The molecular formula is C10H7F5O. The molecule has 0 heterocycles. The minimum atomic E-state index is -4.49. The van der Waals surface area contributed by atoms with Crippen LogP contribution in [0.15, 0.2) is 18.2 Å². The standard InChI is InChI=1S/C10H7F5O/c11-6-1-2-8(12)7(5-6)9(16)3-4-10(13,14)15/h1-2,5H,3-4H2. The molecule has 0 spiro atoms. The Hall–Kier alpha value is -1.46. The van der Waals surface area contributed by atoms with E-state index >= 15 is 0 Å². The van der Waals surface area contributed by atoms with Crippen molar-refractivity contribution in [3.8, 4) is 0 Å². The van der Waals surface area contributed by atoms with Crippen LogP contribution in [0.25, 0.3) is 0 Å². The summed E-state index contributed by atoms with van der Waals surface area (Å²) in [7, 11) is 0. The fraction of sp³-hybridized carbons (Fsp3) is 0.300. The monoisotopic (exact) mass is 238 g/mol. The molecule has 0 atom stereocenters. The molecule has 0 amide bonds. The topological polar surface area (TPSA) is 17.1 Å². The van der Waals surface area contributed by atoms with Crippen molar-refractivity contribution in [2.45, 2.75) is 19.0 Å². The summed E-state index contributed by atoms with van der Waals surface area (Å²) in [5.74, 6) is -2.94. The largest absolute Gasteiger partial charge is 0.389 e. The number of alkyl halides is 3. The Morgan fingerprint density at radius 2 is 1.81 bits per heavy atom. The van der Waals surface area contributed by atoms with E-state index in [2.05, 4.69) is 0 Å². The molecule has 0 N–H and O–H groups in total. The predicted octanol–water partition coefficient (Wildman–Crippen LogP) is 3.49. The zero-order valence-electron chi connectivity index (χ0n) is 7.94. The van der Waals surface area contributed by atoms with Gasteiger partial charge in [-0.3, -0.25) is 4.79 Å². The highest BCUT2D eigenvalue weighted by molar-refractivity contribution is 5.96. The quantitative estimate of drug-likeness (QED) is 0.582. The summed E-state index contributed by atoms with van der Waals surface area (Å²) < 4.78 is 61.0. The molecule has 0 aromatic heterocycles. The minimum absolute atomic E-state index is 0.591. The number of hydrogen-bond acceptors (Lipinski definition) is 1. The number of Topliss-reactive ketones (excluding diaryl/α,β-unsaturated/α-hetero) is 1. The lowest BCUT2D eigenvalue weighted by Gasteiger charge is -2.06. The maximum Gasteiger partial charge on any atom is 0.389 e. The normalized spacial score (nSPS) is 11.6. The van der Waals surface area contributed by atoms with Crippen LogP contribution in [-0.2, 0) is 0 Å². The minimum Gasteiger partial charge on any atom is -0.294 e. The lowest BCUT2D eigenvalue weighted by atomic mass is 10.1. The van der Waals surface area contributed by atoms with Gasteiger partial charge in [-0.15, -0.1) is 0 Å². The van der Waals surface area contributed by atoms with Crippen LogP contribution in [0.2, 0.25) is 0 Å². The van der Waals surface area contributed by atoms with Gasteiger partial charge in [0.1, 0.15) is 11.6 Å². The molecule has 1 aromatic carbocycles. The van der Waals surface area contributed by atoms with Crippen LogP contribution < -0.4 is 0 Å². The van der Waals surface area contributed by atoms with E-state index in [-0.39, 0.29) is 0 Å². The first-order chi connectivity index (χ1) is 7.29. The average Bonchev–Trinajstić information content (AvgIpc) is 2.17. The number of ketones is 1. The molecule has 0 saturated heterocycles. The van der Waals surface area contributed by atoms with Gasteiger partial charge in [-0.1, -0.05) is 0 Å². The van der Waals surface area contributed by atoms with Crippen LogP contribution in [0.5, 0.6) is 0 Å². The molecule has 0 aliphatic heterocycles. The number of carbonyl (C=O) groups is 1. The van der Waals surface area contributed by atoms with Crippen molar-refractivity contribution in [3.05, 3.63) is 35.4 Å². The summed E-state index contributed by atoms with van der Waals surface area (Å²) in [6.45, 7) is 0. The Labute approximate surface area is 87.9 Å². The molecule has 0 saturated carbocycles. The summed E-state index contributed by atoms with van der Waals surface area (Å²) in [6.07, 6.45) is -6.72. The molecule has 0 aliphatic carbocycles. The maximum atomic E-state index is 13.0. The summed E-state index contributed by atoms with van der Waals surface area (Å²) in [5, 5.41) is 0.